The summed E-state index contributed by atoms with van der Waals surface area (Å²) in [5, 5.41) is 3.08. The van der Waals surface area contributed by atoms with E-state index in [2.05, 4.69) is 0 Å². The molecular weight excluding hydrogens is 343 g/mol. The van der Waals surface area contributed by atoms with Gasteiger partial charge in [-0.15, -0.1) is 0 Å². The van der Waals surface area contributed by atoms with E-state index in [0.29, 0.717) is 15.6 Å². The predicted octanol–water partition coefficient (Wildman–Crippen LogP) is 6.05. The van der Waals surface area contributed by atoms with Crippen LogP contribution in [0.25, 0.3) is 16.8 Å². The molecule has 0 fully saturated rings. The number of ether oxygens (including phenoxy) is 1. The molecule has 0 amide bonds. The lowest BCUT2D eigenvalue weighted by molar-refractivity contribution is 0.104. The van der Waals surface area contributed by atoms with Crippen LogP contribution in [0.5, 0.6) is 5.75 Å². The molecule has 0 saturated carbocycles. The average molecular weight is 357 g/mol. The molecule has 4 heteroatoms. The lowest BCUT2D eigenvalue weighted by Gasteiger charge is -2.04. The fraction of sp³-hybridized carbons (Fsp3) is 0.0500. The first-order valence-corrected chi connectivity index (χ1v) is 8.07. The number of allylic oxidation sites excluding steroid dienone is 1. The van der Waals surface area contributed by atoms with Gasteiger partial charge in [0, 0.05) is 15.6 Å². The van der Waals surface area contributed by atoms with Crippen LogP contribution in [0.4, 0.5) is 0 Å². The number of benzene rings is 3. The van der Waals surface area contributed by atoms with Crippen molar-refractivity contribution in [1.29, 1.82) is 0 Å². The summed E-state index contributed by atoms with van der Waals surface area (Å²) in [5.74, 6) is 0.711. The highest BCUT2D eigenvalue weighted by Gasteiger charge is 2.04. The van der Waals surface area contributed by atoms with E-state index >= 15 is 0 Å². The number of halogens is 2. The molecule has 3 aromatic carbocycles. The van der Waals surface area contributed by atoms with Gasteiger partial charge in [-0.1, -0.05) is 47.5 Å². The zero-order valence-electron chi connectivity index (χ0n) is 12.9. The number of fused-ring (bicyclic) bond motifs is 1. The van der Waals surface area contributed by atoms with E-state index in [9.17, 15) is 4.79 Å². The number of hydrogen-bond acceptors (Lipinski definition) is 2. The maximum absolute atomic E-state index is 12.4. The first-order chi connectivity index (χ1) is 11.5. The Morgan fingerprint density at radius 2 is 1.58 bits per heavy atom. The number of ketones is 1. The highest BCUT2D eigenvalue weighted by molar-refractivity contribution is 6.34. The summed E-state index contributed by atoms with van der Waals surface area (Å²) in [5.41, 5.74) is 1.41. The maximum atomic E-state index is 12.4. The van der Waals surface area contributed by atoms with Crippen LogP contribution in [0, 0.1) is 0 Å². The Morgan fingerprint density at radius 1 is 0.917 bits per heavy atom. The molecule has 120 valence electrons. The lowest BCUT2D eigenvalue weighted by atomic mass is 10.0. The minimum Gasteiger partial charge on any atom is -0.497 e. The van der Waals surface area contributed by atoms with E-state index in [1.807, 2.05) is 30.3 Å². The van der Waals surface area contributed by atoms with Crippen molar-refractivity contribution < 1.29 is 9.53 Å². The number of rotatable bonds is 4. The van der Waals surface area contributed by atoms with Gasteiger partial charge in [-0.2, -0.15) is 0 Å². The molecule has 3 rings (SSSR count). The van der Waals surface area contributed by atoms with Crippen LogP contribution in [-0.4, -0.2) is 12.9 Å². The van der Waals surface area contributed by atoms with E-state index in [1.54, 1.807) is 37.5 Å². The highest BCUT2D eigenvalue weighted by atomic mass is 35.5. The van der Waals surface area contributed by atoms with E-state index in [-0.39, 0.29) is 5.78 Å². The zero-order chi connectivity index (χ0) is 17.1. The second kappa shape index (κ2) is 7.08. The van der Waals surface area contributed by atoms with Gasteiger partial charge in [0.25, 0.3) is 0 Å². The van der Waals surface area contributed by atoms with Gasteiger partial charge in [0.2, 0.25) is 0 Å². The second-order valence-corrected chi connectivity index (χ2v) is 6.20. The number of methoxy groups -OCH3 is 1. The first kappa shape index (κ1) is 16.6. The maximum Gasteiger partial charge on any atom is 0.185 e. The number of carbonyl (C=O) groups is 1. The molecule has 3 aromatic rings. The van der Waals surface area contributed by atoms with Gasteiger partial charge in [0.1, 0.15) is 5.75 Å². The van der Waals surface area contributed by atoms with Crippen LogP contribution in [0.2, 0.25) is 10.0 Å². The van der Waals surface area contributed by atoms with Crippen molar-refractivity contribution >= 4 is 45.8 Å². The third-order valence-electron chi connectivity index (χ3n) is 3.64. The normalized spacial score (nSPS) is 11.1. The Labute approximate surface area is 150 Å². The summed E-state index contributed by atoms with van der Waals surface area (Å²) < 4.78 is 5.21. The Hall–Kier alpha value is -2.29. The van der Waals surface area contributed by atoms with Crippen LogP contribution >= 0.6 is 23.2 Å². The smallest absolute Gasteiger partial charge is 0.185 e. The SMILES string of the molecule is COc1ccc2cc(C(=O)/C=C/c3cc(Cl)cc(Cl)c3)ccc2c1. The molecule has 2 nitrogen and oxygen atoms in total. The molecule has 0 bridgehead atoms. The fourth-order valence-corrected chi connectivity index (χ4v) is 2.99. The molecular formula is C20H14Cl2O2. The van der Waals surface area contributed by atoms with Crippen LogP contribution in [0.15, 0.2) is 60.7 Å². The Morgan fingerprint density at radius 3 is 2.29 bits per heavy atom. The monoisotopic (exact) mass is 356 g/mol. The van der Waals surface area contributed by atoms with Crippen molar-refractivity contribution in [2.45, 2.75) is 0 Å². The quantitative estimate of drug-likeness (QED) is 0.420. The minimum atomic E-state index is -0.0798. The van der Waals surface area contributed by atoms with Gasteiger partial charge in [0.15, 0.2) is 5.78 Å². The molecule has 0 aliphatic carbocycles. The Bertz CT molecular complexity index is 925. The molecule has 0 aromatic heterocycles. The van der Waals surface area contributed by atoms with Crippen LogP contribution < -0.4 is 4.74 Å². The summed E-state index contributed by atoms with van der Waals surface area (Å²) in [6.45, 7) is 0. The summed E-state index contributed by atoms with van der Waals surface area (Å²) >= 11 is 11.9. The summed E-state index contributed by atoms with van der Waals surface area (Å²) in [7, 11) is 1.63. The molecule has 0 heterocycles. The van der Waals surface area contributed by atoms with Crippen molar-refractivity contribution in [2.75, 3.05) is 7.11 Å². The fourth-order valence-electron chi connectivity index (χ4n) is 2.44. The molecule has 0 N–H and O–H groups in total. The van der Waals surface area contributed by atoms with Crippen molar-refractivity contribution in [3.63, 3.8) is 0 Å². The van der Waals surface area contributed by atoms with Gasteiger partial charge in [-0.25, -0.2) is 0 Å². The zero-order valence-corrected chi connectivity index (χ0v) is 14.4. The molecule has 0 aliphatic rings. The van der Waals surface area contributed by atoms with Crippen molar-refractivity contribution in [3.05, 3.63) is 81.8 Å². The molecule has 0 spiro atoms. The lowest BCUT2D eigenvalue weighted by Crippen LogP contribution is -1.94. The van der Waals surface area contributed by atoms with Gasteiger partial charge in [-0.05, 0) is 58.8 Å². The van der Waals surface area contributed by atoms with E-state index in [4.69, 9.17) is 27.9 Å². The van der Waals surface area contributed by atoms with E-state index < -0.39 is 0 Å². The van der Waals surface area contributed by atoms with Gasteiger partial charge in [0.05, 0.1) is 7.11 Å². The molecule has 0 atom stereocenters. The third kappa shape index (κ3) is 3.78. The topological polar surface area (TPSA) is 26.3 Å². The molecule has 24 heavy (non-hydrogen) atoms. The van der Waals surface area contributed by atoms with Crippen LogP contribution in [0.3, 0.4) is 0 Å². The van der Waals surface area contributed by atoms with Crippen molar-refractivity contribution in [3.8, 4) is 5.75 Å². The molecule has 0 aliphatic heterocycles. The van der Waals surface area contributed by atoms with E-state index in [1.165, 1.54) is 6.08 Å². The van der Waals surface area contributed by atoms with Gasteiger partial charge >= 0.3 is 0 Å². The number of carbonyl (C=O) groups excluding carboxylic acids is 1. The summed E-state index contributed by atoms with van der Waals surface area (Å²) in [6.07, 6.45) is 3.23. The predicted molar refractivity (Wildman–Crippen MR) is 100 cm³/mol. The standard InChI is InChI=1S/C20H14Cl2O2/c1-24-19-6-5-14-10-16(4-3-15(14)11-19)20(23)7-2-13-8-17(21)12-18(22)9-13/h2-12H,1H3/b7-2+. The van der Waals surface area contributed by atoms with Crippen LogP contribution in [-0.2, 0) is 0 Å². The average Bonchev–Trinajstić information content (AvgIpc) is 2.58. The summed E-state index contributed by atoms with van der Waals surface area (Å²) in [6, 6.07) is 16.5. The highest BCUT2D eigenvalue weighted by Crippen LogP contribution is 2.23. The first-order valence-electron chi connectivity index (χ1n) is 7.31. The molecule has 0 radical (unpaired) electrons. The van der Waals surface area contributed by atoms with Crippen LogP contribution in [0.1, 0.15) is 15.9 Å². The molecule has 0 saturated heterocycles. The van der Waals surface area contributed by atoms with Crippen molar-refractivity contribution in [2.24, 2.45) is 0 Å². The van der Waals surface area contributed by atoms with Gasteiger partial charge in [-0.3, -0.25) is 4.79 Å². The van der Waals surface area contributed by atoms with E-state index in [0.717, 1.165) is 22.1 Å². The minimum absolute atomic E-state index is 0.0798. The second-order valence-electron chi connectivity index (χ2n) is 5.33. The Balaban J connectivity index is 1.86. The Kier molecular flexibility index (Phi) is 4.89. The third-order valence-corrected chi connectivity index (χ3v) is 4.08. The molecule has 0 unspecified atom stereocenters. The number of hydrogen-bond donors (Lipinski definition) is 0. The van der Waals surface area contributed by atoms with Gasteiger partial charge < -0.3 is 4.74 Å². The summed E-state index contributed by atoms with van der Waals surface area (Å²) in [4.78, 5) is 12.4. The van der Waals surface area contributed by atoms with Crippen molar-refractivity contribution in [1.82, 2.24) is 0 Å². The largest absolute Gasteiger partial charge is 0.497 e.